The van der Waals surface area contributed by atoms with Crippen LogP contribution in [0.5, 0.6) is 5.75 Å². The highest BCUT2D eigenvalue weighted by Crippen LogP contribution is 2.25. The topological polar surface area (TPSA) is 58.6 Å². The second-order valence-electron chi connectivity index (χ2n) is 4.91. The van der Waals surface area contributed by atoms with Crippen molar-refractivity contribution in [1.29, 1.82) is 0 Å². The third-order valence-electron chi connectivity index (χ3n) is 3.28. The summed E-state index contributed by atoms with van der Waals surface area (Å²) in [6.07, 6.45) is 2.51. The van der Waals surface area contributed by atoms with E-state index in [1.807, 2.05) is 0 Å². The summed E-state index contributed by atoms with van der Waals surface area (Å²) in [7, 11) is 0. The van der Waals surface area contributed by atoms with Crippen molar-refractivity contribution in [1.82, 2.24) is 5.32 Å². The van der Waals surface area contributed by atoms with Crippen LogP contribution in [0.2, 0.25) is 0 Å². The third kappa shape index (κ3) is 3.47. The Balaban J connectivity index is 1.65. The van der Waals surface area contributed by atoms with Crippen LogP contribution in [0, 0.1) is 5.92 Å². The molecule has 4 nitrogen and oxygen atoms in total. The molecule has 2 N–H and O–H groups in total. The molecule has 4 heteroatoms. The van der Waals surface area contributed by atoms with Crippen molar-refractivity contribution < 1.29 is 14.6 Å². The lowest BCUT2D eigenvalue weighted by atomic mass is 9.82. The highest BCUT2D eigenvalue weighted by molar-refractivity contribution is 5.87. The Labute approximate surface area is 107 Å². The maximum atomic E-state index is 10.7. The molecule has 0 atom stereocenters. The van der Waals surface area contributed by atoms with Crippen molar-refractivity contribution in [3.8, 4) is 5.75 Å². The highest BCUT2D eigenvalue weighted by atomic mass is 16.5. The van der Waals surface area contributed by atoms with E-state index in [9.17, 15) is 4.79 Å². The Hall–Kier alpha value is -1.55. The van der Waals surface area contributed by atoms with Crippen molar-refractivity contribution in [3.05, 3.63) is 29.8 Å². The van der Waals surface area contributed by atoms with Gasteiger partial charge in [0.25, 0.3) is 0 Å². The molecule has 0 unspecified atom stereocenters. The maximum Gasteiger partial charge on any atom is 0.335 e. The standard InChI is InChI=1S/C14H19NO3/c1-10-8-12(9-10)15-6-7-18-13-4-2-11(3-5-13)14(16)17/h2-5,10,12,15H,6-9H2,1H3,(H,16,17). The van der Waals surface area contributed by atoms with E-state index >= 15 is 0 Å². The van der Waals surface area contributed by atoms with E-state index in [0.29, 0.717) is 18.4 Å². The van der Waals surface area contributed by atoms with Gasteiger partial charge >= 0.3 is 5.97 Å². The van der Waals surface area contributed by atoms with Crippen LogP contribution in [-0.4, -0.2) is 30.3 Å². The Morgan fingerprint density at radius 3 is 2.61 bits per heavy atom. The number of carboxylic acids is 1. The first-order chi connectivity index (χ1) is 8.65. The summed E-state index contributed by atoms with van der Waals surface area (Å²) >= 11 is 0. The first kappa shape index (κ1) is 12.9. The molecule has 0 aromatic heterocycles. The number of carboxylic acid groups (broad SMARTS) is 1. The van der Waals surface area contributed by atoms with E-state index in [1.54, 1.807) is 24.3 Å². The summed E-state index contributed by atoms with van der Waals surface area (Å²) in [6.45, 7) is 3.70. The van der Waals surface area contributed by atoms with E-state index in [0.717, 1.165) is 12.5 Å². The minimum atomic E-state index is -0.915. The summed E-state index contributed by atoms with van der Waals surface area (Å²) in [6, 6.07) is 7.14. The Bertz CT molecular complexity index is 396. The normalized spacial score (nSPS) is 22.3. The van der Waals surface area contributed by atoms with Gasteiger partial charge in [-0.25, -0.2) is 4.79 Å². The quantitative estimate of drug-likeness (QED) is 0.758. The zero-order valence-electron chi connectivity index (χ0n) is 10.6. The summed E-state index contributed by atoms with van der Waals surface area (Å²) in [5, 5.41) is 12.2. The molecule has 0 amide bonds. The first-order valence-corrected chi connectivity index (χ1v) is 6.34. The fourth-order valence-corrected chi connectivity index (χ4v) is 2.19. The monoisotopic (exact) mass is 249 g/mol. The van der Waals surface area contributed by atoms with Crippen LogP contribution < -0.4 is 10.1 Å². The Kier molecular flexibility index (Phi) is 4.20. The Morgan fingerprint density at radius 2 is 2.06 bits per heavy atom. The van der Waals surface area contributed by atoms with Gasteiger partial charge in [-0.2, -0.15) is 0 Å². The van der Waals surface area contributed by atoms with E-state index in [1.165, 1.54) is 12.8 Å². The van der Waals surface area contributed by atoms with Gasteiger partial charge in [-0.3, -0.25) is 0 Å². The molecule has 0 heterocycles. The largest absolute Gasteiger partial charge is 0.492 e. The molecule has 1 fully saturated rings. The number of rotatable bonds is 6. The third-order valence-corrected chi connectivity index (χ3v) is 3.28. The second-order valence-corrected chi connectivity index (χ2v) is 4.91. The lowest BCUT2D eigenvalue weighted by Gasteiger charge is -2.33. The van der Waals surface area contributed by atoms with Crippen molar-refractivity contribution in [2.75, 3.05) is 13.2 Å². The summed E-state index contributed by atoms with van der Waals surface area (Å²) < 4.78 is 5.53. The maximum absolute atomic E-state index is 10.7. The van der Waals surface area contributed by atoms with Gasteiger partial charge in [0.2, 0.25) is 0 Å². The molecule has 2 rings (SSSR count). The highest BCUT2D eigenvalue weighted by Gasteiger charge is 2.24. The fraction of sp³-hybridized carbons (Fsp3) is 0.500. The van der Waals surface area contributed by atoms with Gasteiger partial charge < -0.3 is 15.2 Å². The van der Waals surface area contributed by atoms with Crippen LogP contribution in [0.25, 0.3) is 0 Å². The van der Waals surface area contributed by atoms with Crippen LogP contribution >= 0.6 is 0 Å². The van der Waals surface area contributed by atoms with Crippen molar-refractivity contribution in [3.63, 3.8) is 0 Å². The summed E-state index contributed by atoms with van der Waals surface area (Å²) in [5.41, 5.74) is 0.281. The molecule has 1 saturated carbocycles. The minimum Gasteiger partial charge on any atom is -0.492 e. The van der Waals surface area contributed by atoms with Gasteiger partial charge in [0.05, 0.1) is 5.56 Å². The number of carbonyl (C=O) groups is 1. The molecule has 18 heavy (non-hydrogen) atoms. The number of hydrogen-bond donors (Lipinski definition) is 2. The van der Waals surface area contributed by atoms with Crippen LogP contribution in [0.3, 0.4) is 0 Å². The molecule has 1 aliphatic rings. The van der Waals surface area contributed by atoms with E-state index < -0.39 is 5.97 Å². The lowest BCUT2D eigenvalue weighted by Crippen LogP contribution is -2.41. The second kappa shape index (κ2) is 5.87. The SMILES string of the molecule is CC1CC(NCCOc2ccc(C(=O)O)cc2)C1. The molecular weight excluding hydrogens is 230 g/mol. The average molecular weight is 249 g/mol. The molecule has 0 radical (unpaired) electrons. The number of benzene rings is 1. The molecule has 0 aliphatic heterocycles. The van der Waals surface area contributed by atoms with Crippen molar-refractivity contribution >= 4 is 5.97 Å². The predicted octanol–water partition coefficient (Wildman–Crippen LogP) is 2.15. The molecule has 0 spiro atoms. The molecule has 0 saturated heterocycles. The number of ether oxygens (including phenoxy) is 1. The Morgan fingerprint density at radius 1 is 1.39 bits per heavy atom. The molecular formula is C14H19NO3. The van der Waals surface area contributed by atoms with Gasteiger partial charge in [0, 0.05) is 12.6 Å². The molecule has 0 bridgehead atoms. The van der Waals surface area contributed by atoms with E-state index in [4.69, 9.17) is 9.84 Å². The van der Waals surface area contributed by atoms with Gasteiger partial charge in [-0.15, -0.1) is 0 Å². The van der Waals surface area contributed by atoms with Gasteiger partial charge in [-0.05, 0) is 43.0 Å². The van der Waals surface area contributed by atoms with Crippen molar-refractivity contribution in [2.24, 2.45) is 5.92 Å². The van der Waals surface area contributed by atoms with Gasteiger partial charge in [0.1, 0.15) is 12.4 Å². The molecule has 1 aliphatic carbocycles. The molecule has 98 valence electrons. The smallest absolute Gasteiger partial charge is 0.335 e. The lowest BCUT2D eigenvalue weighted by molar-refractivity contribution is 0.0697. The van der Waals surface area contributed by atoms with E-state index in [-0.39, 0.29) is 5.56 Å². The number of hydrogen-bond acceptors (Lipinski definition) is 3. The van der Waals surface area contributed by atoms with Gasteiger partial charge in [0.15, 0.2) is 0 Å². The van der Waals surface area contributed by atoms with Crippen LogP contribution in [0.1, 0.15) is 30.1 Å². The average Bonchev–Trinajstić information content (AvgIpc) is 2.32. The van der Waals surface area contributed by atoms with Crippen LogP contribution in [0.15, 0.2) is 24.3 Å². The summed E-state index contributed by atoms with van der Waals surface area (Å²) in [5.74, 6) is 0.651. The zero-order valence-corrected chi connectivity index (χ0v) is 10.6. The zero-order chi connectivity index (χ0) is 13.0. The fourth-order valence-electron chi connectivity index (χ4n) is 2.19. The molecule has 1 aromatic rings. The predicted molar refractivity (Wildman–Crippen MR) is 69.1 cm³/mol. The minimum absolute atomic E-state index is 0.281. The number of aromatic carboxylic acids is 1. The van der Waals surface area contributed by atoms with E-state index in [2.05, 4.69) is 12.2 Å². The van der Waals surface area contributed by atoms with Crippen LogP contribution in [-0.2, 0) is 0 Å². The number of nitrogens with one attached hydrogen (secondary N) is 1. The first-order valence-electron chi connectivity index (χ1n) is 6.34. The van der Waals surface area contributed by atoms with Gasteiger partial charge in [-0.1, -0.05) is 6.92 Å². The van der Waals surface area contributed by atoms with Crippen LogP contribution in [0.4, 0.5) is 0 Å². The summed E-state index contributed by atoms with van der Waals surface area (Å²) in [4.78, 5) is 10.7. The molecule has 1 aromatic carbocycles. The van der Waals surface area contributed by atoms with Crippen molar-refractivity contribution in [2.45, 2.75) is 25.8 Å².